The minimum absolute atomic E-state index is 0.0878. The third kappa shape index (κ3) is 8.00. The molecule has 0 unspecified atom stereocenters. The first-order chi connectivity index (χ1) is 18.0. The topological polar surface area (TPSA) is 77.1 Å². The number of esters is 1. The number of unbranched alkanes of at least 4 members (excludes halogenated alkanes) is 1. The lowest BCUT2D eigenvalue weighted by Crippen LogP contribution is -2.43. The second-order valence-electron chi connectivity index (χ2n) is 9.28. The lowest BCUT2D eigenvalue weighted by molar-refractivity contribution is -0.139. The van der Waals surface area contributed by atoms with E-state index in [-0.39, 0.29) is 17.8 Å². The Morgan fingerprint density at radius 1 is 1.08 bits per heavy atom. The lowest BCUT2D eigenvalue weighted by Gasteiger charge is -2.26. The fourth-order valence-corrected chi connectivity index (χ4v) is 4.40. The van der Waals surface area contributed by atoms with Gasteiger partial charge in [0.05, 0.1) is 20.3 Å². The van der Waals surface area contributed by atoms with E-state index in [4.69, 9.17) is 14.2 Å². The van der Waals surface area contributed by atoms with Crippen molar-refractivity contribution >= 4 is 23.8 Å². The minimum atomic E-state index is -0.526. The van der Waals surface area contributed by atoms with Gasteiger partial charge < -0.3 is 19.5 Å². The van der Waals surface area contributed by atoms with Crippen molar-refractivity contribution in [2.45, 2.75) is 64.8 Å². The van der Waals surface area contributed by atoms with Gasteiger partial charge in [0.15, 0.2) is 0 Å². The molecule has 200 valence electrons. The maximum atomic E-state index is 12.9. The highest BCUT2D eigenvalue weighted by molar-refractivity contribution is 5.93. The minimum Gasteiger partial charge on any atom is -0.493 e. The molecular formula is C30H40N2O5. The van der Waals surface area contributed by atoms with E-state index < -0.39 is 5.97 Å². The highest BCUT2D eigenvalue weighted by atomic mass is 16.6. The molecule has 2 aromatic rings. The van der Waals surface area contributed by atoms with Crippen molar-refractivity contribution in [2.75, 3.05) is 32.3 Å². The Morgan fingerprint density at radius 3 is 2.57 bits per heavy atom. The summed E-state index contributed by atoms with van der Waals surface area (Å²) in [7, 11) is 3.13. The molecule has 0 aliphatic heterocycles. The van der Waals surface area contributed by atoms with Crippen molar-refractivity contribution in [3.05, 3.63) is 53.8 Å². The number of nitrogens with one attached hydrogen (secondary N) is 1. The first-order valence-electron chi connectivity index (χ1n) is 13.3. The summed E-state index contributed by atoms with van der Waals surface area (Å²) >= 11 is 0. The van der Waals surface area contributed by atoms with E-state index >= 15 is 0 Å². The number of carbonyl (C=O) groups excluding carboxylic acids is 2. The number of urea groups is 1. The third-order valence-electron chi connectivity index (χ3n) is 6.53. The number of benzene rings is 2. The van der Waals surface area contributed by atoms with Crippen LogP contribution in [0.3, 0.4) is 0 Å². The summed E-state index contributed by atoms with van der Waals surface area (Å²) in [5.41, 5.74) is 3.42. The Morgan fingerprint density at radius 2 is 1.86 bits per heavy atom. The van der Waals surface area contributed by atoms with Gasteiger partial charge in [-0.05, 0) is 61.6 Å². The van der Waals surface area contributed by atoms with Gasteiger partial charge in [-0.3, -0.25) is 4.90 Å². The van der Waals surface area contributed by atoms with Crippen molar-refractivity contribution in [1.82, 2.24) is 5.32 Å². The fraction of sp³-hybridized carbons (Fsp3) is 0.467. The van der Waals surface area contributed by atoms with Gasteiger partial charge in [-0.1, -0.05) is 56.9 Å². The lowest BCUT2D eigenvalue weighted by atomic mass is 9.96. The normalized spacial score (nSPS) is 14.1. The van der Waals surface area contributed by atoms with Crippen molar-refractivity contribution in [3.8, 4) is 16.9 Å². The summed E-state index contributed by atoms with van der Waals surface area (Å²) in [6.45, 7) is 4.87. The first-order valence-corrected chi connectivity index (χ1v) is 13.3. The van der Waals surface area contributed by atoms with Gasteiger partial charge >= 0.3 is 12.0 Å². The molecule has 0 heterocycles. The SMILES string of the molecule is CCCCOc1cc(C=C(OCC)C(=O)OC)ccc1-c1cccc(N(C)C(=O)NC2CCCCC2)c1. The van der Waals surface area contributed by atoms with Crippen molar-refractivity contribution in [3.63, 3.8) is 0 Å². The molecule has 1 N–H and O–H groups in total. The Labute approximate surface area is 220 Å². The summed E-state index contributed by atoms with van der Waals surface area (Å²) in [4.78, 5) is 26.7. The predicted molar refractivity (Wildman–Crippen MR) is 148 cm³/mol. The number of nitrogens with zero attached hydrogens (tertiary/aromatic N) is 1. The van der Waals surface area contributed by atoms with Crippen LogP contribution >= 0.6 is 0 Å². The highest BCUT2D eigenvalue weighted by Gasteiger charge is 2.19. The molecule has 1 saturated carbocycles. The fourth-order valence-electron chi connectivity index (χ4n) is 4.40. The Hall–Kier alpha value is -3.48. The Bertz CT molecular complexity index is 1080. The molecule has 0 bridgehead atoms. The van der Waals surface area contributed by atoms with E-state index in [1.165, 1.54) is 26.4 Å². The van der Waals surface area contributed by atoms with Crippen molar-refractivity contribution < 1.29 is 23.8 Å². The van der Waals surface area contributed by atoms with Crippen LogP contribution in [0.15, 0.2) is 48.2 Å². The molecule has 7 nitrogen and oxygen atoms in total. The van der Waals surface area contributed by atoms with Gasteiger partial charge in [-0.25, -0.2) is 9.59 Å². The molecule has 3 rings (SSSR count). The van der Waals surface area contributed by atoms with Gasteiger partial charge in [-0.2, -0.15) is 0 Å². The molecule has 7 heteroatoms. The van der Waals surface area contributed by atoms with Gasteiger partial charge in [0.25, 0.3) is 0 Å². The number of anilines is 1. The number of hydrogen-bond acceptors (Lipinski definition) is 5. The molecule has 0 saturated heterocycles. The maximum absolute atomic E-state index is 12.9. The summed E-state index contributed by atoms with van der Waals surface area (Å²) in [6, 6.07) is 13.8. The van der Waals surface area contributed by atoms with Crippen LogP contribution in [-0.4, -0.2) is 45.4 Å². The van der Waals surface area contributed by atoms with Crippen molar-refractivity contribution in [2.24, 2.45) is 0 Å². The molecular weight excluding hydrogens is 468 g/mol. The largest absolute Gasteiger partial charge is 0.493 e. The van der Waals surface area contributed by atoms with Gasteiger partial charge in [0.2, 0.25) is 5.76 Å². The molecule has 1 fully saturated rings. The molecule has 37 heavy (non-hydrogen) atoms. The zero-order valence-corrected chi connectivity index (χ0v) is 22.5. The zero-order valence-electron chi connectivity index (χ0n) is 22.5. The number of amides is 2. The third-order valence-corrected chi connectivity index (χ3v) is 6.53. The first kappa shape index (κ1) is 28.1. The summed E-state index contributed by atoms with van der Waals surface area (Å²) < 4.78 is 16.5. The maximum Gasteiger partial charge on any atom is 0.373 e. The highest BCUT2D eigenvalue weighted by Crippen LogP contribution is 2.34. The predicted octanol–water partition coefficient (Wildman–Crippen LogP) is 6.56. The van der Waals surface area contributed by atoms with Crippen LogP contribution in [0.4, 0.5) is 10.5 Å². The van der Waals surface area contributed by atoms with Crippen LogP contribution in [0.5, 0.6) is 5.75 Å². The Balaban J connectivity index is 1.88. The number of ether oxygens (including phenoxy) is 3. The molecule has 2 aromatic carbocycles. The van der Waals surface area contributed by atoms with E-state index in [0.29, 0.717) is 19.0 Å². The van der Waals surface area contributed by atoms with Gasteiger partial charge in [-0.15, -0.1) is 0 Å². The molecule has 2 amide bonds. The second-order valence-corrected chi connectivity index (χ2v) is 9.28. The molecule has 0 radical (unpaired) electrons. The summed E-state index contributed by atoms with van der Waals surface area (Å²) in [5.74, 6) is 0.320. The molecule has 1 aliphatic rings. The number of methoxy groups -OCH3 is 1. The number of rotatable bonds is 11. The molecule has 1 aliphatic carbocycles. The smallest absolute Gasteiger partial charge is 0.373 e. The van der Waals surface area contributed by atoms with Crippen LogP contribution in [0, 0.1) is 0 Å². The van der Waals surface area contributed by atoms with Crippen LogP contribution in [0.1, 0.15) is 64.4 Å². The average molecular weight is 509 g/mol. The number of carbonyl (C=O) groups is 2. The second kappa shape index (κ2) is 14.3. The van der Waals surface area contributed by atoms with E-state index in [0.717, 1.165) is 48.1 Å². The summed E-state index contributed by atoms with van der Waals surface area (Å²) in [6.07, 6.45) is 9.27. The molecule has 0 aromatic heterocycles. The van der Waals surface area contributed by atoms with Crippen LogP contribution in [0.25, 0.3) is 17.2 Å². The van der Waals surface area contributed by atoms with Crippen molar-refractivity contribution in [1.29, 1.82) is 0 Å². The van der Waals surface area contributed by atoms with Gasteiger partial charge in [0, 0.05) is 24.3 Å². The summed E-state index contributed by atoms with van der Waals surface area (Å²) in [5, 5.41) is 3.18. The van der Waals surface area contributed by atoms with Gasteiger partial charge in [0.1, 0.15) is 5.75 Å². The average Bonchev–Trinajstić information content (AvgIpc) is 2.93. The van der Waals surface area contributed by atoms with E-state index in [1.807, 2.05) is 49.4 Å². The van der Waals surface area contributed by atoms with E-state index in [1.54, 1.807) is 18.0 Å². The van der Waals surface area contributed by atoms with Crippen LogP contribution < -0.4 is 15.0 Å². The van der Waals surface area contributed by atoms with E-state index in [9.17, 15) is 9.59 Å². The number of hydrogen-bond donors (Lipinski definition) is 1. The Kier molecular flexibility index (Phi) is 10.9. The standard InChI is InChI=1S/C30H40N2O5/c1-5-7-18-37-27-19-22(20-28(36-6-2)29(33)35-4)16-17-26(27)23-12-11-15-25(21-23)32(3)30(34)31-24-13-9-8-10-14-24/h11-12,15-17,19-21,24H,5-10,13-14,18H2,1-4H3,(H,31,34). The van der Waals surface area contributed by atoms with Crippen LogP contribution in [-0.2, 0) is 14.3 Å². The van der Waals surface area contributed by atoms with E-state index in [2.05, 4.69) is 12.2 Å². The molecule has 0 atom stereocenters. The zero-order chi connectivity index (χ0) is 26.6. The monoisotopic (exact) mass is 508 g/mol. The van der Waals surface area contributed by atoms with Crippen LogP contribution in [0.2, 0.25) is 0 Å². The molecule has 0 spiro atoms. The quantitative estimate of drug-likeness (QED) is 0.161.